The minimum Gasteiger partial charge on any atom is -0.545 e. The summed E-state index contributed by atoms with van der Waals surface area (Å²) in [4.78, 5) is 22.9. The van der Waals surface area contributed by atoms with Crippen molar-refractivity contribution in [1.29, 1.82) is 0 Å². The van der Waals surface area contributed by atoms with Crippen molar-refractivity contribution in [2.75, 3.05) is 19.0 Å². The minimum atomic E-state index is -1.41. The van der Waals surface area contributed by atoms with Gasteiger partial charge >= 0.3 is 0 Å². The highest BCUT2D eigenvalue weighted by atomic mass is 35.5. The summed E-state index contributed by atoms with van der Waals surface area (Å²) < 4.78 is 10.3. The predicted octanol–water partition coefficient (Wildman–Crippen LogP) is 1.73. The molecule has 2 rings (SSSR count). The van der Waals surface area contributed by atoms with Gasteiger partial charge in [0.2, 0.25) is 0 Å². The summed E-state index contributed by atoms with van der Waals surface area (Å²) in [6, 6.07) is 10.7. The first-order valence-corrected chi connectivity index (χ1v) is 6.95. The van der Waals surface area contributed by atoms with Crippen LogP contribution in [0.15, 0.2) is 42.5 Å². The van der Waals surface area contributed by atoms with E-state index in [1.807, 2.05) is 0 Å². The SMILES string of the molecule is COc1ccc(OCC(=O)Nc2cc(Cl)ccc2C(=O)[O-])cc1. The predicted molar refractivity (Wildman–Crippen MR) is 82.9 cm³/mol. The third-order valence-corrected chi connectivity index (χ3v) is 3.14. The zero-order valence-corrected chi connectivity index (χ0v) is 12.9. The van der Waals surface area contributed by atoms with Crippen LogP contribution < -0.4 is 19.9 Å². The molecule has 0 aliphatic heterocycles. The van der Waals surface area contributed by atoms with Gasteiger partial charge in [0.15, 0.2) is 6.61 Å². The van der Waals surface area contributed by atoms with E-state index in [-0.39, 0.29) is 17.9 Å². The van der Waals surface area contributed by atoms with Gasteiger partial charge in [0.25, 0.3) is 5.91 Å². The number of carboxylic acid groups (broad SMARTS) is 1. The molecule has 0 saturated heterocycles. The fourth-order valence-electron chi connectivity index (χ4n) is 1.81. The van der Waals surface area contributed by atoms with E-state index < -0.39 is 11.9 Å². The molecule has 0 fully saturated rings. The molecule has 0 saturated carbocycles. The Hall–Kier alpha value is -2.73. The minimum absolute atomic E-state index is 0.0563. The number of hydrogen-bond acceptors (Lipinski definition) is 5. The van der Waals surface area contributed by atoms with E-state index in [1.165, 1.54) is 18.2 Å². The number of nitrogens with one attached hydrogen (secondary N) is 1. The topological polar surface area (TPSA) is 87.7 Å². The molecule has 7 heteroatoms. The fourth-order valence-corrected chi connectivity index (χ4v) is 1.98. The molecule has 0 spiro atoms. The van der Waals surface area contributed by atoms with Gasteiger partial charge in [-0.05, 0) is 42.5 Å². The summed E-state index contributed by atoms with van der Waals surface area (Å²) in [5, 5.41) is 13.7. The first-order chi connectivity index (χ1) is 11.0. The number of carbonyl (C=O) groups is 2. The number of carbonyl (C=O) groups excluding carboxylic acids is 2. The van der Waals surface area contributed by atoms with Gasteiger partial charge in [-0.15, -0.1) is 0 Å². The lowest BCUT2D eigenvalue weighted by Gasteiger charge is -2.13. The van der Waals surface area contributed by atoms with E-state index >= 15 is 0 Å². The van der Waals surface area contributed by atoms with Gasteiger partial charge in [-0.3, -0.25) is 4.79 Å². The summed E-state index contributed by atoms with van der Waals surface area (Å²) in [6.07, 6.45) is 0. The highest BCUT2D eigenvalue weighted by Gasteiger charge is 2.09. The van der Waals surface area contributed by atoms with Crippen LogP contribution in [-0.2, 0) is 4.79 Å². The van der Waals surface area contributed by atoms with Crippen molar-refractivity contribution in [2.45, 2.75) is 0 Å². The molecule has 2 aromatic rings. The number of ether oxygens (including phenoxy) is 2. The van der Waals surface area contributed by atoms with Crippen LogP contribution in [0.25, 0.3) is 0 Å². The Bertz CT molecular complexity index is 715. The van der Waals surface area contributed by atoms with Crippen LogP contribution in [0.2, 0.25) is 5.02 Å². The summed E-state index contributed by atoms with van der Waals surface area (Å²) in [7, 11) is 1.54. The van der Waals surface area contributed by atoms with Crippen molar-refractivity contribution in [3.8, 4) is 11.5 Å². The number of carboxylic acids is 1. The van der Waals surface area contributed by atoms with Gasteiger partial charge in [0.1, 0.15) is 11.5 Å². The molecule has 1 N–H and O–H groups in total. The van der Waals surface area contributed by atoms with Crippen molar-refractivity contribution >= 4 is 29.2 Å². The third-order valence-electron chi connectivity index (χ3n) is 2.90. The number of halogens is 1. The molecule has 0 radical (unpaired) electrons. The number of amides is 1. The lowest BCUT2D eigenvalue weighted by atomic mass is 10.2. The van der Waals surface area contributed by atoms with E-state index in [2.05, 4.69) is 5.32 Å². The van der Waals surface area contributed by atoms with Crippen molar-refractivity contribution in [3.63, 3.8) is 0 Å². The number of aromatic carboxylic acids is 1. The van der Waals surface area contributed by atoms with Crippen LogP contribution in [0, 0.1) is 0 Å². The van der Waals surface area contributed by atoms with Crippen molar-refractivity contribution < 1.29 is 24.2 Å². The van der Waals surface area contributed by atoms with E-state index in [0.29, 0.717) is 16.5 Å². The molecule has 0 aromatic heterocycles. The van der Waals surface area contributed by atoms with Crippen LogP contribution >= 0.6 is 11.6 Å². The second-order valence-electron chi connectivity index (χ2n) is 4.49. The van der Waals surface area contributed by atoms with Gasteiger partial charge in [-0.1, -0.05) is 11.6 Å². The number of anilines is 1. The number of hydrogen-bond donors (Lipinski definition) is 1. The largest absolute Gasteiger partial charge is 0.545 e. The highest BCUT2D eigenvalue weighted by Crippen LogP contribution is 2.21. The van der Waals surface area contributed by atoms with Gasteiger partial charge in [0.05, 0.1) is 18.8 Å². The number of benzene rings is 2. The number of rotatable bonds is 6. The first kappa shape index (κ1) is 16.6. The monoisotopic (exact) mass is 334 g/mol. The Kier molecular flexibility index (Phi) is 5.43. The lowest BCUT2D eigenvalue weighted by Crippen LogP contribution is -2.26. The average Bonchev–Trinajstić information content (AvgIpc) is 2.53. The maximum Gasteiger partial charge on any atom is 0.262 e. The molecule has 0 aliphatic carbocycles. The molecular weight excluding hydrogens is 322 g/mol. The van der Waals surface area contributed by atoms with Crippen LogP contribution in [0.3, 0.4) is 0 Å². The van der Waals surface area contributed by atoms with Gasteiger partial charge in [0, 0.05) is 10.6 Å². The van der Waals surface area contributed by atoms with Crippen molar-refractivity contribution in [1.82, 2.24) is 0 Å². The standard InChI is InChI=1S/C16H14ClNO5/c1-22-11-3-5-12(6-4-11)23-9-15(19)18-14-8-10(17)2-7-13(14)16(20)21/h2-8H,9H2,1H3,(H,18,19)(H,20,21)/p-1. The molecule has 1 amide bonds. The Labute approximate surface area is 137 Å². The summed E-state index contributed by atoms with van der Waals surface area (Å²) in [5.41, 5.74) is -0.104. The van der Waals surface area contributed by atoms with Crippen LogP contribution in [0.4, 0.5) is 5.69 Å². The molecule has 0 atom stereocenters. The third kappa shape index (κ3) is 4.62. The van der Waals surface area contributed by atoms with Crippen molar-refractivity contribution in [3.05, 3.63) is 53.1 Å². The maximum atomic E-state index is 11.9. The van der Waals surface area contributed by atoms with E-state index in [4.69, 9.17) is 21.1 Å². The van der Waals surface area contributed by atoms with Gasteiger partial charge < -0.3 is 24.7 Å². The molecule has 0 heterocycles. The molecule has 23 heavy (non-hydrogen) atoms. The maximum absolute atomic E-state index is 11.9. The molecule has 2 aromatic carbocycles. The zero-order chi connectivity index (χ0) is 16.8. The second-order valence-corrected chi connectivity index (χ2v) is 4.93. The molecule has 6 nitrogen and oxygen atoms in total. The van der Waals surface area contributed by atoms with Crippen LogP contribution in [0.5, 0.6) is 11.5 Å². The summed E-state index contributed by atoms with van der Waals surface area (Å²) >= 11 is 5.80. The van der Waals surface area contributed by atoms with Crippen LogP contribution in [0.1, 0.15) is 10.4 Å². The van der Waals surface area contributed by atoms with E-state index in [9.17, 15) is 14.7 Å². The fraction of sp³-hybridized carbons (Fsp3) is 0.125. The van der Waals surface area contributed by atoms with E-state index in [0.717, 1.165) is 0 Å². The van der Waals surface area contributed by atoms with Crippen molar-refractivity contribution in [2.24, 2.45) is 0 Å². The Morgan fingerprint density at radius 3 is 2.39 bits per heavy atom. The second kappa shape index (κ2) is 7.51. The molecular formula is C16H13ClNO5-. The van der Waals surface area contributed by atoms with Gasteiger partial charge in [-0.25, -0.2) is 0 Å². The smallest absolute Gasteiger partial charge is 0.262 e. The number of methoxy groups -OCH3 is 1. The molecule has 0 unspecified atom stereocenters. The Morgan fingerprint density at radius 2 is 1.78 bits per heavy atom. The van der Waals surface area contributed by atoms with E-state index in [1.54, 1.807) is 31.4 Å². The average molecular weight is 335 g/mol. The summed E-state index contributed by atoms with van der Waals surface area (Å²) in [6.45, 7) is -0.286. The first-order valence-electron chi connectivity index (χ1n) is 6.57. The lowest BCUT2D eigenvalue weighted by molar-refractivity contribution is -0.254. The molecule has 0 aliphatic rings. The zero-order valence-electron chi connectivity index (χ0n) is 12.2. The quantitative estimate of drug-likeness (QED) is 0.869. The highest BCUT2D eigenvalue weighted by molar-refractivity contribution is 6.31. The van der Waals surface area contributed by atoms with Gasteiger partial charge in [-0.2, -0.15) is 0 Å². The molecule has 120 valence electrons. The Morgan fingerprint density at radius 1 is 1.13 bits per heavy atom. The normalized spacial score (nSPS) is 10.0. The molecule has 0 bridgehead atoms. The Balaban J connectivity index is 1.99. The summed E-state index contributed by atoms with van der Waals surface area (Å²) in [5.74, 6) is -0.787. The van der Waals surface area contributed by atoms with Crippen LogP contribution in [-0.4, -0.2) is 25.6 Å².